The fourth-order valence-electron chi connectivity index (χ4n) is 3.33. The first-order valence-electron chi connectivity index (χ1n) is 8.40. The first kappa shape index (κ1) is 14.5. The minimum atomic E-state index is 0.127. The van der Waals surface area contributed by atoms with Gasteiger partial charge in [0.1, 0.15) is 0 Å². The number of rotatable bonds is 3. The van der Waals surface area contributed by atoms with Crippen LogP contribution in [0.15, 0.2) is 36.5 Å². The van der Waals surface area contributed by atoms with Crippen molar-refractivity contribution in [1.29, 1.82) is 0 Å². The van der Waals surface area contributed by atoms with Crippen LogP contribution in [0.1, 0.15) is 41.7 Å². The van der Waals surface area contributed by atoms with Crippen LogP contribution in [-0.4, -0.2) is 46.3 Å². The summed E-state index contributed by atoms with van der Waals surface area (Å²) in [5.74, 6) is 0.597. The maximum Gasteiger partial charge on any atom is 0.257 e. The Morgan fingerprint density at radius 3 is 2.74 bits per heavy atom. The molecule has 0 radical (unpaired) electrons. The third kappa shape index (κ3) is 2.77. The second-order valence-electron chi connectivity index (χ2n) is 6.57. The molecule has 2 heterocycles. The molecule has 1 saturated carbocycles. The number of carbonyl (C=O) groups is 1. The molecule has 1 unspecified atom stereocenters. The molecule has 1 aromatic heterocycles. The van der Waals surface area contributed by atoms with Gasteiger partial charge in [-0.2, -0.15) is 5.10 Å². The predicted molar refractivity (Wildman–Crippen MR) is 88.9 cm³/mol. The monoisotopic (exact) mass is 310 g/mol. The molecule has 5 nitrogen and oxygen atoms in total. The van der Waals surface area contributed by atoms with Crippen LogP contribution < -0.4 is 5.32 Å². The fourth-order valence-corrected chi connectivity index (χ4v) is 3.33. The average Bonchev–Trinajstić information content (AvgIpc) is 3.33. The van der Waals surface area contributed by atoms with E-state index in [1.54, 1.807) is 6.20 Å². The molecule has 5 heteroatoms. The lowest BCUT2D eigenvalue weighted by atomic mass is 10.1. The number of aromatic nitrogens is 2. The minimum Gasteiger partial charge on any atom is -0.336 e. The number of carbonyl (C=O) groups excluding carboxylic acids is 1. The summed E-state index contributed by atoms with van der Waals surface area (Å²) >= 11 is 0. The number of nitrogens with zero attached hydrogens (tertiary/aromatic N) is 3. The highest BCUT2D eigenvalue weighted by Gasteiger charge is 2.34. The van der Waals surface area contributed by atoms with Crippen molar-refractivity contribution >= 4 is 5.91 Å². The quantitative estimate of drug-likeness (QED) is 0.945. The van der Waals surface area contributed by atoms with Gasteiger partial charge in [-0.15, -0.1) is 0 Å². The van der Waals surface area contributed by atoms with Crippen LogP contribution in [0.2, 0.25) is 0 Å². The van der Waals surface area contributed by atoms with Crippen LogP contribution in [-0.2, 0) is 0 Å². The van der Waals surface area contributed by atoms with Crippen LogP contribution in [0.4, 0.5) is 0 Å². The van der Waals surface area contributed by atoms with Gasteiger partial charge in [0.2, 0.25) is 0 Å². The zero-order valence-corrected chi connectivity index (χ0v) is 13.4. The van der Waals surface area contributed by atoms with Crippen LogP contribution in [0.5, 0.6) is 0 Å². The lowest BCUT2D eigenvalue weighted by Crippen LogP contribution is -2.51. The molecule has 2 fully saturated rings. The number of piperazine rings is 1. The standard InChI is InChI=1S/C18H22N4O/c1-13-12-21(10-9-19-13)18(23)16-11-20-22(17(16)14-7-8-14)15-5-3-2-4-6-15/h2-6,11,13-14,19H,7-10,12H2,1H3. The molecule has 2 aromatic rings. The molecule has 1 aromatic carbocycles. The summed E-state index contributed by atoms with van der Waals surface area (Å²) in [4.78, 5) is 14.9. The van der Waals surface area contributed by atoms with Gasteiger partial charge in [-0.05, 0) is 31.9 Å². The summed E-state index contributed by atoms with van der Waals surface area (Å²) in [5, 5.41) is 7.92. The summed E-state index contributed by atoms with van der Waals surface area (Å²) in [6.07, 6.45) is 4.06. The highest BCUT2D eigenvalue weighted by Crippen LogP contribution is 2.42. The van der Waals surface area contributed by atoms with Gasteiger partial charge in [-0.3, -0.25) is 4.79 Å². The number of amides is 1. The van der Waals surface area contributed by atoms with Crippen molar-refractivity contribution in [2.24, 2.45) is 0 Å². The van der Waals surface area contributed by atoms with E-state index in [9.17, 15) is 4.79 Å². The van der Waals surface area contributed by atoms with E-state index >= 15 is 0 Å². The maximum atomic E-state index is 13.0. The Hall–Kier alpha value is -2.14. The van der Waals surface area contributed by atoms with Crippen LogP contribution in [0.25, 0.3) is 5.69 Å². The molecule has 2 aliphatic rings. The van der Waals surface area contributed by atoms with E-state index in [0.717, 1.165) is 49.4 Å². The highest BCUT2D eigenvalue weighted by molar-refractivity contribution is 5.95. The normalized spacial score (nSPS) is 21.4. The van der Waals surface area contributed by atoms with Crippen molar-refractivity contribution in [1.82, 2.24) is 20.0 Å². The van der Waals surface area contributed by atoms with E-state index in [1.807, 2.05) is 39.9 Å². The SMILES string of the molecule is CC1CN(C(=O)c2cnn(-c3ccccc3)c2C2CC2)CCN1. The van der Waals surface area contributed by atoms with Crippen molar-refractivity contribution in [2.75, 3.05) is 19.6 Å². The fraction of sp³-hybridized carbons (Fsp3) is 0.444. The van der Waals surface area contributed by atoms with Crippen molar-refractivity contribution in [2.45, 2.75) is 31.7 Å². The molecular weight excluding hydrogens is 288 g/mol. The second kappa shape index (κ2) is 5.81. The summed E-state index contributed by atoms with van der Waals surface area (Å²) in [6, 6.07) is 10.4. The lowest BCUT2D eigenvalue weighted by Gasteiger charge is -2.31. The van der Waals surface area contributed by atoms with E-state index in [4.69, 9.17) is 0 Å². The first-order chi connectivity index (χ1) is 11.2. The van der Waals surface area contributed by atoms with Crippen molar-refractivity contribution in [3.8, 4) is 5.69 Å². The van der Waals surface area contributed by atoms with Crippen molar-refractivity contribution in [3.63, 3.8) is 0 Å². The molecule has 23 heavy (non-hydrogen) atoms. The number of benzene rings is 1. The number of hydrogen-bond donors (Lipinski definition) is 1. The summed E-state index contributed by atoms with van der Waals surface area (Å²) in [6.45, 7) is 4.51. The van der Waals surface area contributed by atoms with Gasteiger partial charge in [0.25, 0.3) is 5.91 Å². The molecular formula is C18H22N4O. The topological polar surface area (TPSA) is 50.2 Å². The van der Waals surface area contributed by atoms with Crippen LogP contribution in [0, 0.1) is 0 Å². The summed E-state index contributed by atoms with van der Waals surface area (Å²) in [7, 11) is 0. The largest absolute Gasteiger partial charge is 0.336 e. The summed E-state index contributed by atoms with van der Waals surface area (Å²) in [5.41, 5.74) is 2.90. The van der Waals surface area contributed by atoms with E-state index in [2.05, 4.69) is 17.3 Å². The molecule has 1 aliphatic carbocycles. The molecule has 1 aliphatic heterocycles. The summed E-state index contributed by atoms with van der Waals surface area (Å²) < 4.78 is 1.95. The van der Waals surface area contributed by atoms with Gasteiger partial charge in [0, 0.05) is 31.6 Å². The maximum absolute atomic E-state index is 13.0. The molecule has 1 amide bonds. The van der Waals surface area contributed by atoms with E-state index in [1.165, 1.54) is 0 Å². The Balaban J connectivity index is 1.69. The van der Waals surface area contributed by atoms with Crippen LogP contribution in [0.3, 0.4) is 0 Å². The van der Waals surface area contributed by atoms with E-state index in [-0.39, 0.29) is 5.91 Å². The number of hydrogen-bond acceptors (Lipinski definition) is 3. The molecule has 0 bridgehead atoms. The molecule has 1 atom stereocenters. The Labute approximate surface area is 136 Å². The Morgan fingerprint density at radius 2 is 2.04 bits per heavy atom. The van der Waals surface area contributed by atoms with Gasteiger partial charge < -0.3 is 10.2 Å². The predicted octanol–water partition coefficient (Wildman–Crippen LogP) is 2.18. The lowest BCUT2D eigenvalue weighted by molar-refractivity contribution is 0.0708. The van der Waals surface area contributed by atoms with Gasteiger partial charge in [0.15, 0.2) is 0 Å². The third-order valence-electron chi connectivity index (χ3n) is 4.66. The van der Waals surface area contributed by atoms with Gasteiger partial charge >= 0.3 is 0 Å². The Morgan fingerprint density at radius 1 is 1.26 bits per heavy atom. The molecule has 4 rings (SSSR count). The highest BCUT2D eigenvalue weighted by atomic mass is 16.2. The molecule has 120 valence electrons. The van der Waals surface area contributed by atoms with Crippen LogP contribution >= 0.6 is 0 Å². The van der Waals surface area contributed by atoms with Gasteiger partial charge in [-0.1, -0.05) is 18.2 Å². The molecule has 0 spiro atoms. The number of nitrogens with one attached hydrogen (secondary N) is 1. The molecule has 1 N–H and O–H groups in total. The smallest absolute Gasteiger partial charge is 0.257 e. The average molecular weight is 310 g/mol. The van der Waals surface area contributed by atoms with Crippen molar-refractivity contribution in [3.05, 3.63) is 47.8 Å². The van der Waals surface area contributed by atoms with Crippen molar-refractivity contribution < 1.29 is 4.79 Å². The zero-order valence-electron chi connectivity index (χ0n) is 13.4. The van der Waals surface area contributed by atoms with Gasteiger partial charge in [-0.25, -0.2) is 4.68 Å². The first-order valence-corrected chi connectivity index (χ1v) is 8.40. The zero-order chi connectivity index (χ0) is 15.8. The van der Waals surface area contributed by atoms with Gasteiger partial charge in [0.05, 0.1) is 23.1 Å². The minimum absolute atomic E-state index is 0.127. The third-order valence-corrected chi connectivity index (χ3v) is 4.66. The number of para-hydroxylation sites is 1. The van der Waals surface area contributed by atoms with E-state index < -0.39 is 0 Å². The van der Waals surface area contributed by atoms with E-state index in [0.29, 0.717) is 12.0 Å². The Kier molecular flexibility index (Phi) is 3.65. The Bertz CT molecular complexity index is 705. The molecule has 1 saturated heterocycles. The second-order valence-corrected chi connectivity index (χ2v) is 6.57.